The van der Waals surface area contributed by atoms with Crippen LogP contribution in [0.4, 0.5) is 0 Å². The average molecular weight is 339 g/mol. The third-order valence-corrected chi connectivity index (χ3v) is 5.43. The van der Waals surface area contributed by atoms with Crippen LogP contribution in [0.5, 0.6) is 0 Å². The number of Topliss-reactive ketones (excluding diaryl/α,β-unsaturated/α-hetero) is 1. The maximum atomic E-state index is 12.8. The first-order valence-electron chi connectivity index (χ1n) is 11.0. The van der Waals surface area contributed by atoms with Gasteiger partial charge in [0.1, 0.15) is 5.78 Å². The fourth-order valence-electron chi connectivity index (χ4n) is 3.61. The van der Waals surface area contributed by atoms with E-state index in [2.05, 4.69) is 34.6 Å². The first-order chi connectivity index (χ1) is 11.5. The van der Waals surface area contributed by atoms with Crippen LogP contribution in [0.25, 0.3) is 0 Å². The summed E-state index contributed by atoms with van der Waals surface area (Å²) in [5.41, 5.74) is -0.0558. The van der Waals surface area contributed by atoms with Gasteiger partial charge in [-0.2, -0.15) is 0 Å². The fraction of sp³-hybridized carbons (Fsp3) is 0.957. The Hall–Kier alpha value is -0.330. The van der Waals surface area contributed by atoms with Gasteiger partial charge in [-0.05, 0) is 18.8 Å². The number of rotatable bonds is 17. The second-order valence-electron chi connectivity index (χ2n) is 8.62. The Bertz CT molecular complexity index is 276. The van der Waals surface area contributed by atoms with Gasteiger partial charge < -0.3 is 0 Å². The Morgan fingerprint density at radius 2 is 1.08 bits per heavy atom. The lowest BCUT2D eigenvalue weighted by Gasteiger charge is -2.29. The summed E-state index contributed by atoms with van der Waals surface area (Å²) in [4.78, 5) is 12.8. The molecule has 0 saturated heterocycles. The maximum absolute atomic E-state index is 12.8. The molecule has 0 radical (unpaired) electrons. The summed E-state index contributed by atoms with van der Waals surface area (Å²) in [6.45, 7) is 11.1. The molecule has 0 rings (SSSR count). The Labute approximate surface area is 153 Å². The van der Waals surface area contributed by atoms with Gasteiger partial charge in [0, 0.05) is 11.8 Å². The average Bonchev–Trinajstić information content (AvgIpc) is 2.53. The Balaban J connectivity index is 4.25. The molecule has 0 spiro atoms. The zero-order valence-electron chi connectivity index (χ0n) is 17.6. The van der Waals surface area contributed by atoms with E-state index in [0.717, 1.165) is 19.3 Å². The number of ketones is 1. The van der Waals surface area contributed by atoms with E-state index in [1.165, 1.54) is 77.0 Å². The van der Waals surface area contributed by atoms with Crippen LogP contribution in [0.15, 0.2) is 0 Å². The minimum absolute atomic E-state index is 0.0558. The largest absolute Gasteiger partial charge is 0.299 e. The lowest BCUT2D eigenvalue weighted by Crippen LogP contribution is -2.29. The van der Waals surface area contributed by atoms with Crippen LogP contribution < -0.4 is 0 Å². The Morgan fingerprint density at radius 1 is 0.708 bits per heavy atom. The third-order valence-electron chi connectivity index (χ3n) is 5.43. The highest BCUT2D eigenvalue weighted by Crippen LogP contribution is 2.34. The van der Waals surface area contributed by atoms with E-state index < -0.39 is 0 Å². The van der Waals surface area contributed by atoms with Crippen molar-refractivity contribution in [2.24, 2.45) is 11.3 Å². The molecule has 0 aliphatic heterocycles. The van der Waals surface area contributed by atoms with Crippen molar-refractivity contribution in [1.29, 1.82) is 0 Å². The molecule has 0 unspecified atom stereocenters. The van der Waals surface area contributed by atoms with Gasteiger partial charge in [-0.3, -0.25) is 4.79 Å². The van der Waals surface area contributed by atoms with E-state index >= 15 is 0 Å². The van der Waals surface area contributed by atoms with Crippen molar-refractivity contribution in [3.63, 3.8) is 0 Å². The normalized spacial score (nSPS) is 12.1. The third kappa shape index (κ3) is 12.1. The van der Waals surface area contributed by atoms with Crippen molar-refractivity contribution < 1.29 is 4.79 Å². The molecule has 24 heavy (non-hydrogen) atoms. The summed E-state index contributed by atoms with van der Waals surface area (Å²) in [6.07, 6.45) is 18.8. The molecule has 0 heterocycles. The highest BCUT2D eigenvalue weighted by molar-refractivity contribution is 5.84. The first-order valence-corrected chi connectivity index (χ1v) is 11.0. The number of unbranched alkanes of at least 4 members (excludes halogenated alkanes) is 10. The summed E-state index contributed by atoms with van der Waals surface area (Å²) in [5, 5.41) is 0. The van der Waals surface area contributed by atoms with Gasteiger partial charge in [-0.15, -0.1) is 0 Å². The van der Waals surface area contributed by atoms with Gasteiger partial charge in [0.15, 0.2) is 0 Å². The molecule has 0 aromatic carbocycles. The summed E-state index contributed by atoms with van der Waals surface area (Å²) >= 11 is 0. The van der Waals surface area contributed by atoms with Crippen molar-refractivity contribution in [3.05, 3.63) is 0 Å². The Morgan fingerprint density at radius 3 is 1.46 bits per heavy atom. The quantitative estimate of drug-likeness (QED) is 0.245. The smallest absolute Gasteiger partial charge is 0.139 e. The van der Waals surface area contributed by atoms with E-state index in [1.807, 2.05) is 0 Å². The molecule has 0 aliphatic carbocycles. The Kier molecular flexibility index (Phi) is 14.8. The first kappa shape index (κ1) is 23.7. The van der Waals surface area contributed by atoms with Gasteiger partial charge in [-0.1, -0.05) is 112 Å². The van der Waals surface area contributed by atoms with Crippen LogP contribution in [-0.4, -0.2) is 5.78 Å². The van der Waals surface area contributed by atoms with Crippen LogP contribution in [0.3, 0.4) is 0 Å². The SMILES string of the molecule is CCCCCCCCC(C)(CCCCCCCC)C(=O)CC(C)C. The lowest BCUT2D eigenvalue weighted by molar-refractivity contribution is -0.129. The highest BCUT2D eigenvalue weighted by atomic mass is 16.1. The van der Waals surface area contributed by atoms with Crippen LogP contribution in [0.2, 0.25) is 0 Å². The molecular weight excluding hydrogens is 292 g/mol. The zero-order chi connectivity index (χ0) is 18.3. The molecule has 0 aromatic heterocycles. The standard InChI is InChI=1S/C23H46O/c1-6-8-10-12-14-16-18-23(5,22(24)20-21(3)4)19-17-15-13-11-9-7-2/h21H,6-20H2,1-5H3. The number of hydrogen-bond donors (Lipinski definition) is 0. The molecule has 0 atom stereocenters. The molecule has 1 heteroatoms. The van der Waals surface area contributed by atoms with Crippen molar-refractivity contribution in [3.8, 4) is 0 Å². The summed E-state index contributed by atoms with van der Waals surface area (Å²) < 4.78 is 0. The molecule has 0 fully saturated rings. The van der Waals surface area contributed by atoms with Gasteiger partial charge >= 0.3 is 0 Å². The van der Waals surface area contributed by atoms with E-state index in [1.54, 1.807) is 0 Å². The van der Waals surface area contributed by atoms with Crippen LogP contribution in [0.1, 0.15) is 131 Å². The highest BCUT2D eigenvalue weighted by Gasteiger charge is 2.31. The van der Waals surface area contributed by atoms with Gasteiger partial charge in [0.25, 0.3) is 0 Å². The van der Waals surface area contributed by atoms with Gasteiger partial charge in [0.05, 0.1) is 0 Å². The lowest BCUT2D eigenvalue weighted by atomic mass is 9.74. The fourth-order valence-corrected chi connectivity index (χ4v) is 3.61. The molecule has 0 N–H and O–H groups in total. The van der Waals surface area contributed by atoms with Crippen molar-refractivity contribution >= 4 is 5.78 Å². The van der Waals surface area contributed by atoms with Gasteiger partial charge in [0.2, 0.25) is 0 Å². The molecule has 0 saturated carbocycles. The summed E-state index contributed by atoms with van der Waals surface area (Å²) in [7, 11) is 0. The molecule has 0 aliphatic rings. The van der Waals surface area contributed by atoms with Crippen molar-refractivity contribution in [2.45, 2.75) is 131 Å². The predicted octanol–water partition coefficient (Wildman–Crippen LogP) is 8.11. The molecular formula is C23H46O. The van der Waals surface area contributed by atoms with E-state index in [-0.39, 0.29) is 5.41 Å². The number of carbonyl (C=O) groups is 1. The van der Waals surface area contributed by atoms with Crippen molar-refractivity contribution in [1.82, 2.24) is 0 Å². The summed E-state index contributed by atoms with van der Waals surface area (Å²) in [5.74, 6) is 1.02. The second kappa shape index (κ2) is 15.0. The molecule has 1 nitrogen and oxygen atoms in total. The monoisotopic (exact) mass is 338 g/mol. The summed E-state index contributed by atoms with van der Waals surface area (Å²) in [6, 6.07) is 0. The van der Waals surface area contributed by atoms with Gasteiger partial charge in [-0.25, -0.2) is 0 Å². The number of carbonyl (C=O) groups excluding carboxylic acids is 1. The minimum Gasteiger partial charge on any atom is -0.299 e. The molecule has 0 bridgehead atoms. The van der Waals surface area contributed by atoms with Crippen molar-refractivity contribution in [2.75, 3.05) is 0 Å². The zero-order valence-corrected chi connectivity index (χ0v) is 17.6. The van der Waals surface area contributed by atoms with Crippen LogP contribution in [-0.2, 0) is 4.79 Å². The van der Waals surface area contributed by atoms with E-state index in [4.69, 9.17) is 0 Å². The predicted molar refractivity (Wildman–Crippen MR) is 109 cm³/mol. The molecule has 0 aromatic rings. The maximum Gasteiger partial charge on any atom is 0.139 e. The van der Waals surface area contributed by atoms with E-state index in [0.29, 0.717) is 11.7 Å². The second-order valence-corrected chi connectivity index (χ2v) is 8.62. The van der Waals surface area contributed by atoms with Crippen LogP contribution >= 0.6 is 0 Å². The topological polar surface area (TPSA) is 17.1 Å². The number of hydrogen-bond acceptors (Lipinski definition) is 1. The van der Waals surface area contributed by atoms with Crippen LogP contribution in [0, 0.1) is 11.3 Å². The minimum atomic E-state index is -0.0558. The molecule has 144 valence electrons. The molecule has 0 amide bonds. The van der Waals surface area contributed by atoms with E-state index in [9.17, 15) is 4.79 Å².